The maximum Gasteiger partial charge on any atom is 0.243 e. The second-order valence-electron chi connectivity index (χ2n) is 7.53. The van der Waals surface area contributed by atoms with Crippen LogP contribution in [0.25, 0.3) is 0 Å². The molecule has 1 aliphatic heterocycles. The molecule has 1 rings (SSSR count). The Morgan fingerprint density at radius 1 is 1.33 bits per heavy atom. The molecule has 5 N–H and O–H groups in total. The lowest BCUT2D eigenvalue weighted by Gasteiger charge is -2.26. The van der Waals surface area contributed by atoms with Gasteiger partial charge in [0.2, 0.25) is 11.8 Å². The third kappa shape index (κ3) is 8.64. The van der Waals surface area contributed by atoms with Gasteiger partial charge in [-0.1, -0.05) is 19.9 Å². The van der Waals surface area contributed by atoms with E-state index in [9.17, 15) is 24.6 Å². The zero-order valence-electron chi connectivity index (χ0n) is 16.6. The van der Waals surface area contributed by atoms with Crippen LogP contribution >= 0.6 is 0 Å². The van der Waals surface area contributed by atoms with Gasteiger partial charge in [0.25, 0.3) is 0 Å². The van der Waals surface area contributed by atoms with E-state index < -0.39 is 30.2 Å². The zero-order valence-corrected chi connectivity index (χ0v) is 16.6. The van der Waals surface area contributed by atoms with Crippen LogP contribution < -0.4 is 16.0 Å². The number of carbonyl (C=O) groups excluding carboxylic acids is 3. The van der Waals surface area contributed by atoms with Crippen molar-refractivity contribution in [3.8, 4) is 0 Å². The van der Waals surface area contributed by atoms with Gasteiger partial charge in [-0.2, -0.15) is 0 Å². The first-order chi connectivity index (χ1) is 12.6. The molecule has 0 aliphatic carbocycles. The van der Waals surface area contributed by atoms with E-state index in [1.54, 1.807) is 13.0 Å². The van der Waals surface area contributed by atoms with E-state index in [4.69, 9.17) is 0 Å². The Bertz CT molecular complexity index is 547. The standard InChI is InChI=1S/C19H33N3O5/c1-11(2)21-18(13(4)23)16(25)10-14-9-15(24)7-8-20-17(26)6-5-12(3)22-19(14)27/h5-6,11-15,18,21,23-24H,7-10H2,1-4H3,(H,20,26)(H,22,27)/b6-5+/t12-,13+,14+,15-,18-/m0/s1. The SMILES string of the molecule is CC(C)N[C@H](C(=O)C[C@H]1C[C@@H](O)CCNC(=O)/C=C/[C@H](C)NC1=O)[C@@H](C)O. The summed E-state index contributed by atoms with van der Waals surface area (Å²) in [5.41, 5.74) is 0. The largest absolute Gasteiger partial charge is 0.393 e. The minimum Gasteiger partial charge on any atom is -0.393 e. The van der Waals surface area contributed by atoms with Crippen molar-refractivity contribution in [1.82, 2.24) is 16.0 Å². The molecule has 0 spiro atoms. The summed E-state index contributed by atoms with van der Waals surface area (Å²) in [6.45, 7) is 7.28. The van der Waals surface area contributed by atoms with Crippen molar-refractivity contribution < 1.29 is 24.6 Å². The van der Waals surface area contributed by atoms with Gasteiger partial charge in [0.1, 0.15) is 0 Å². The molecule has 0 radical (unpaired) electrons. The lowest BCUT2D eigenvalue weighted by atomic mass is 9.89. The molecule has 0 unspecified atom stereocenters. The topological polar surface area (TPSA) is 128 Å². The molecule has 1 aliphatic rings. The van der Waals surface area contributed by atoms with Crippen molar-refractivity contribution in [1.29, 1.82) is 0 Å². The molecule has 0 saturated heterocycles. The number of amides is 2. The van der Waals surface area contributed by atoms with Gasteiger partial charge in [-0.3, -0.25) is 14.4 Å². The summed E-state index contributed by atoms with van der Waals surface area (Å²) in [5.74, 6) is -1.62. The number of hydrogen-bond donors (Lipinski definition) is 5. The summed E-state index contributed by atoms with van der Waals surface area (Å²) in [6, 6.07) is -1.16. The molecule has 27 heavy (non-hydrogen) atoms. The minimum absolute atomic E-state index is 0.00181. The fourth-order valence-corrected chi connectivity index (χ4v) is 3.00. The highest BCUT2D eigenvalue weighted by atomic mass is 16.3. The average Bonchev–Trinajstić information content (AvgIpc) is 2.55. The van der Waals surface area contributed by atoms with Crippen LogP contribution in [0.15, 0.2) is 12.2 Å². The molecule has 8 nitrogen and oxygen atoms in total. The smallest absolute Gasteiger partial charge is 0.243 e. The number of rotatable bonds is 6. The van der Waals surface area contributed by atoms with Gasteiger partial charge in [0.05, 0.1) is 18.2 Å². The molecule has 0 aromatic rings. The number of nitrogens with one attached hydrogen (secondary N) is 3. The molecule has 0 aromatic heterocycles. The van der Waals surface area contributed by atoms with Crippen molar-refractivity contribution in [2.75, 3.05) is 6.54 Å². The second-order valence-corrected chi connectivity index (χ2v) is 7.53. The predicted octanol–water partition coefficient (Wildman–Crippen LogP) is -0.359. The fraction of sp³-hybridized carbons (Fsp3) is 0.737. The first kappa shape index (κ1) is 23.3. The van der Waals surface area contributed by atoms with Gasteiger partial charge in [0, 0.05) is 37.0 Å². The van der Waals surface area contributed by atoms with Crippen molar-refractivity contribution in [2.24, 2.45) is 5.92 Å². The van der Waals surface area contributed by atoms with Gasteiger partial charge < -0.3 is 26.2 Å². The molecule has 0 fully saturated rings. The Balaban J connectivity index is 2.92. The van der Waals surface area contributed by atoms with Crippen molar-refractivity contribution >= 4 is 17.6 Å². The van der Waals surface area contributed by atoms with E-state index in [1.165, 1.54) is 13.0 Å². The van der Waals surface area contributed by atoms with Gasteiger partial charge in [-0.15, -0.1) is 0 Å². The molecule has 154 valence electrons. The van der Waals surface area contributed by atoms with E-state index in [0.29, 0.717) is 0 Å². The first-order valence-corrected chi connectivity index (χ1v) is 9.51. The Labute approximate surface area is 160 Å². The molecule has 2 amide bonds. The van der Waals surface area contributed by atoms with Crippen molar-refractivity contribution in [3.63, 3.8) is 0 Å². The summed E-state index contributed by atoms with van der Waals surface area (Å²) >= 11 is 0. The molecule has 5 atom stereocenters. The molecule has 1 heterocycles. The number of hydrogen-bond acceptors (Lipinski definition) is 6. The van der Waals surface area contributed by atoms with Crippen molar-refractivity contribution in [3.05, 3.63) is 12.2 Å². The number of Topliss-reactive ketones (excluding diaryl/α,β-unsaturated/α-hetero) is 1. The molecular formula is C19H33N3O5. The second kappa shape index (κ2) is 11.2. The van der Waals surface area contributed by atoms with E-state index in [2.05, 4.69) is 16.0 Å². The van der Waals surface area contributed by atoms with Crippen LogP contribution in [-0.4, -0.2) is 64.7 Å². The maximum atomic E-state index is 12.7. The van der Waals surface area contributed by atoms with E-state index in [-0.39, 0.29) is 49.4 Å². The number of aliphatic hydroxyl groups is 2. The zero-order chi connectivity index (χ0) is 20.6. The van der Waals surface area contributed by atoms with E-state index in [0.717, 1.165) is 0 Å². The van der Waals surface area contributed by atoms with Gasteiger partial charge in [-0.05, 0) is 26.7 Å². The van der Waals surface area contributed by atoms with Crippen LogP contribution in [-0.2, 0) is 14.4 Å². The van der Waals surface area contributed by atoms with Crippen LogP contribution in [0.1, 0.15) is 47.0 Å². The summed E-state index contributed by atoms with van der Waals surface area (Å²) in [4.78, 5) is 36.9. The number of aliphatic hydroxyl groups excluding tert-OH is 2. The third-order valence-electron chi connectivity index (χ3n) is 4.40. The lowest BCUT2D eigenvalue weighted by Crippen LogP contribution is -2.49. The minimum atomic E-state index is -0.892. The fourth-order valence-electron chi connectivity index (χ4n) is 3.00. The Morgan fingerprint density at radius 2 is 2.00 bits per heavy atom. The van der Waals surface area contributed by atoms with Crippen LogP contribution in [0.4, 0.5) is 0 Å². The number of carbonyl (C=O) groups is 3. The molecule has 0 saturated carbocycles. The summed E-state index contributed by atoms with van der Waals surface area (Å²) in [7, 11) is 0. The summed E-state index contributed by atoms with van der Waals surface area (Å²) in [5, 5.41) is 28.6. The predicted molar refractivity (Wildman–Crippen MR) is 102 cm³/mol. The Morgan fingerprint density at radius 3 is 2.59 bits per heavy atom. The highest BCUT2D eigenvalue weighted by molar-refractivity contribution is 5.90. The molecule has 0 bridgehead atoms. The molecule has 8 heteroatoms. The molecule has 0 aromatic carbocycles. The monoisotopic (exact) mass is 383 g/mol. The Hall–Kier alpha value is -1.77. The maximum absolute atomic E-state index is 12.7. The first-order valence-electron chi connectivity index (χ1n) is 9.51. The van der Waals surface area contributed by atoms with Crippen LogP contribution in [0.2, 0.25) is 0 Å². The van der Waals surface area contributed by atoms with Crippen LogP contribution in [0.5, 0.6) is 0 Å². The third-order valence-corrected chi connectivity index (χ3v) is 4.40. The average molecular weight is 383 g/mol. The van der Waals surface area contributed by atoms with Crippen LogP contribution in [0.3, 0.4) is 0 Å². The summed E-state index contributed by atoms with van der Waals surface area (Å²) in [6.07, 6.45) is 1.51. The molecular weight excluding hydrogens is 350 g/mol. The highest BCUT2D eigenvalue weighted by Crippen LogP contribution is 2.17. The van der Waals surface area contributed by atoms with Gasteiger partial charge in [-0.25, -0.2) is 0 Å². The van der Waals surface area contributed by atoms with Gasteiger partial charge in [0.15, 0.2) is 5.78 Å². The quantitative estimate of drug-likeness (QED) is 0.426. The van der Waals surface area contributed by atoms with E-state index in [1.807, 2.05) is 13.8 Å². The number of ketones is 1. The normalized spacial score (nSPS) is 28.3. The summed E-state index contributed by atoms with van der Waals surface area (Å²) < 4.78 is 0. The van der Waals surface area contributed by atoms with Crippen LogP contribution in [0, 0.1) is 5.92 Å². The van der Waals surface area contributed by atoms with E-state index >= 15 is 0 Å². The Kier molecular flexibility index (Phi) is 9.62. The highest BCUT2D eigenvalue weighted by Gasteiger charge is 2.31. The lowest BCUT2D eigenvalue weighted by molar-refractivity contribution is -0.132. The van der Waals surface area contributed by atoms with Crippen molar-refractivity contribution in [2.45, 2.75) is 77.3 Å². The van der Waals surface area contributed by atoms with Gasteiger partial charge >= 0.3 is 0 Å².